The van der Waals surface area contributed by atoms with Crippen LogP contribution < -0.4 is 10.6 Å². The molecule has 0 rings (SSSR count). The van der Waals surface area contributed by atoms with Crippen LogP contribution in [0.4, 0.5) is 0 Å². The van der Waals surface area contributed by atoms with E-state index in [1.54, 1.807) is 0 Å². The van der Waals surface area contributed by atoms with Gasteiger partial charge in [-0.25, -0.2) is 0 Å². The first-order chi connectivity index (χ1) is 4.77. The van der Waals surface area contributed by atoms with Crippen molar-refractivity contribution in [3.63, 3.8) is 0 Å². The van der Waals surface area contributed by atoms with Gasteiger partial charge < -0.3 is 15.5 Å². The average Bonchev–Trinajstić information content (AvgIpc) is 1.87. The second-order valence-electron chi connectivity index (χ2n) is 2.69. The molecule has 0 unspecified atom stereocenters. The van der Waals surface area contributed by atoms with E-state index in [0.29, 0.717) is 0 Å². The van der Waals surface area contributed by atoms with Crippen molar-refractivity contribution < 1.29 is 0 Å². The molecule has 0 aliphatic rings. The van der Waals surface area contributed by atoms with Crippen molar-refractivity contribution in [2.24, 2.45) is 0 Å². The molecule has 0 aromatic rings. The van der Waals surface area contributed by atoms with Crippen LogP contribution in [0.25, 0.3) is 0 Å². The normalized spacial score (nSPS) is 10.8. The summed E-state index contributed by atoms with van der Waals surface area (Å²) in [6.45, 7) is 3.17. The molecule has 0 radical (unpaired) electrons. The molecule has 0 spiro atoms. The van der Waals surface area contributed by atoms with Crippen molar-refractivity contribution >= 4 is 0 Å². The van der Waals surface area contributed by atoms with E-state index in [1.165, 1.54) is 6.42 Å². The number of hydrogen-bond donors (Lipinski definition) is 2. The Labute approximate surface area is 63.8 Å². The molecule has 10 heavy (non-hydrogen) atoms. The molecule has 3 heteroatoms. The minimum atomic E-state index is 0.910. The van der Waals surface area contributed by atoms with Gasteiger partial charge in [-0.05, 0) is 40.7 Å². The van der Waals surface area contributed by atoms with Crippen LogP contribution >= 0.6 is 0 Å². The Balaban J connectivity index is 2.77. The third-order valence-corrected chi connectivity index (χ3v) is 1.26. The molecular weight excluding hydrogens is 126 g/mol. The van der Waals surface area contributed by atoms with E-state index in [4.69, 9.17) is 0 Å². The molecule has 0 aliphatic heterocycles. The second-order valence-corrected chi connectivity index (χ2v) is 2.69. The summed E-state index contributed by atoms with van der Waals surface area (Å²) in [6.07, 6.45) is 1.22. The quantitative estimate of drug-likeness (QED) is 0.397. The molecule has 0 aliphatic carbocycles. The Morgan fingerprint density at radius 1 is 1.30 bits per heavy atom. The molecule has 0 bridgehead atoms. The summed E-state index contributed by atoms with van der Waals surface area (Å²) in [4.78, 5) is 2.20. The van der Waals surface area contributed by atoms with Crippen molar-refractivity contribution in [2.45, 2.75) is 6.42 Å². The van der Waals surface area contributed by atoms with Gasteiger partial charge in [0.05, 0.1) is 0 Å². The van der Waals surface area contributed by atoms with Gasteiger partial charge in [-0.3, -0.25) is 0 Å². The first-order valence-electron chi connectivity index (χ1n) is 3.77. The van der Waals surface area contributed by atoms with Crippen molar-refractivity contribution in [2.75, 3.05) is 40.9 Å². The van der Waals surface area contributed by atoms with Crippen LogP contribution in [0.5, 0.6) is 0 Å². The van der Waals surface area contributed by atoms with Crippen LogP contribution in [0.3, 0.4) is 0 Å². The van der Waals surface area contributed by atoms with E-state index < -0.39 is 0 Å². The number of nitrogens with one attached hydrogen (secondary N) is 2. The van der Waals surface area contributed by atoms with Gasteiger partial charge >= 0.3 is 0 Å². The summed E-state index contributed by atoms with van der Waals surface area (Å²) in [6, 6.07) is 0. The predicted octanol–water partition coefficient (Wildman–Crippen LogP) is -0.295. The molecule has 0 heterocycles. The SMILES string of the molecule is CNCNCCCN(C)C. The van der Waals surface area contributed by atoms with Crippen LogP contribution in [0.1, 0.15) is 6.42 Å². The molecule has 0 fully saturated rings. The monoisotopic (exact) mass is 145 g/mol. The summed E-state index contributed by atoms with van der Waals surface area (Å²) in [5, 5.41) is 6.28. The first kappa shape index (κ1) is 9.88. The predicted molar refractivity (Wildman–Crippen MR) is 45.1 cm³/mol. The molecule has 0 amide bonds. The second kappa shape index (κ2) is 6.99. The van der Waals surface area contributed by atoms with Gasteiger partial charge in [-0.15, -0.1) is 0 Å². The highest BCUT2D eigenvalue weighted by atomic mass is 15.1. The molecule has 0 atom stereocenters. The molecule has 0 saturated carbocycles. The van der Waals surface area contributed by atoms with E-state index in [9.17, 15) is 0 Å². The highest BCUT2D eigenvalue weighted by Gasteiger charge is 1.88. The van der Waals surface area contributed by atoms with E-state index in [1.807, 2.05) is 7.05 Å². The summed E-state index contributed by atoms with van der Waals surface area (Å²) in [5.74, 6) is 0. The van der Waals surface area contributed by atoms with E-state index in [2.05, 4.69) is 29.6 Å². The summed E-state index contributed by atoms with van der Waals surface area (Å²) in [5.41, 5.74) is 0. The van der Waals surface area contributed by atoms with E-state index in [-0.39, 0.29) is 0 Å². The summed E-state index contributed by atoms with van der Waals surface area (Å²) < 4.78 is 0. The molecule has 0 aromatic carbocycles. The lowest BCUT2D eigenvalue weighted by Gasteiger charge is -2.09. The number of hydrogen-bond acceptors (Lipinski definition) is 3. The van der Waals surface area contributed by atoms with Gasteiger partial charge in [0.25, 0.3) is 0 Å². The van der Waals surface area contributed by atoms with E-state index in [0.717, 1.165) is 19.8 Å². The third kappa shape index (κ3) is 7.88. The standard InChI is InChI=1S/C7H19N3/c1-8-7-9-5-4-6-10(2)3/h8-9H,4-7H2,1-3H3. The van der Waals surface area contributed by atoms with Crippen LogP contribution in [0.2, 0.25) is 0 Å². The molecule has 62 valence electrons. The number of nitrogens with zero attached hydrogens (tertiary/aromatic N) is 1. The summed E-state index contributed by atoms with van der Waals surface area (Å²) in [7, 11) is 6.13. The highest BCUT2D eigenvalue weighted by molar-refractivity contribution is 4.47. The zero-order valence-corrected chi connectivity index (χ0v) is 7.28. The van der Waals surface area contributed by atoms with Gasteiger partial charge in [-0.2, -0.15) is 0 Å². The third-order valence-electron chi connectivity index (χ3n) is 1.26. The fourth-order valence-electron chi connectivity index (χ4n) is 0.734. The maximum absolute atomic E-state index is 3.25. The molecule has 0 saturated heterocycles. The minimum absolute atomic E-state index is 0.910. The summed E-state index contributed by atoms with van der Waals surface area (Å²) >= 11 is 0. The van der Waals surface area contributed by atoms with E-state index >= 15 is 0 Å². The van der Waals surface area contributed by atoms with Gasteiger partial charge in [0.2, 0.25) is 0 Å². The Morgan fingerprint density at radius 2 is 2.00 bits per heavy atom. The molecule has 2 N–H and O–H groups in total. The van der Waals surface area contributed by atoms with Gasteiger partial charge in [0.15, 0.2) is 0 Å². The largest absolute Gasteiger partial charge is 0.309 e. The zero-order valence-electron chi connectivity index (χ0n) is 7.28. The molecular formula is C7H19N3. The fraction of sp³-hybridized carbons (Fsp3) is 1.00. The lowest BCUT2D eigenvalue weighted by molar-refractivity contribution is 0.393. The van der Waals surface area contributed by atoms with Crippen molar-refractivity contribution in [3.8, 4) is 0 Å². The Morgan fingerprint density at radius 3 is 2.50 bits per heavy atom. The van der Waals surface area contributed by atoms with Crippen molar-refractivity contribution in [1.82, 2.24) is 15.5 Å². The smallest absolute Gasteiger partial charge is 0.0451 e. The Kier molecular flexibility index (Phi) is 6.91. The Bertz CT molecular complexity index is 63.9. The lowest BCUT2D eigenvalue weighted by atomic mass is 10.4. The zero-order chi connectivity index (χ0) is 7.82. The minimum Gasteiger partial charge on any atom is -0.309 e. The molecule has 0 aromatic heterocycles. The topological polar surface area (TPSA) is 27.3 Å². The molecule has 3 nitrogen and oxygen atoms in total. The Hall–Kier alpha value is -0.120. The number of rotatable bonds is 6. The highest BCUT2D eigenvalue weighted by Crippen LogP contribution is 1.78. The van der Waals surface area contributed by atoms with Crippen molar-refractivity contribution in [3.05, 3.63) is 0 Å². The maximum Gasteiger partial charge on any atom is 0.0451 e. The first-order valence-corrected chi connectivity index (χ1v) is 3.77. The average molecular weight is 145 g/mol. The van der Waals surface area contributed by atoms with Gasteiger partial charge in [-0.1, -0.05) is 0 Å². The fourth-order valence-corrected chi connectivity index (χ4v) is 0.734. The lowest BCUT2D eigenvalue weighted by Crippen LogP contribution is -2.28. The van der Waals surface area contributed by atoms with Crippen LogP contribution in [0.15, 0.2) is 0 Å². The maximum atomic E-state index is 3.25. The van der Waals surface area contributed by atoms with Gasteiger partial charge in [0.1, 0.15) is 0 Å². The van der Waals surface area contributed by atoms with Crippen LogP contribution in [-0.4, -0.2) is 45.8 Å². The van der Waals surface area contributed by atoms with Gasteiger partial charge in [0, 0.05) is 6.67 Å². The van der Waals surface area contributed by atoms with Crippen LogP contribution in [0, 0.1) is 0 Å². The van der Waals surface area contributed by atoms with Crippen LogP contribution in [-0.2, 0) is 0 Å². The van der Waals surface area contributed by atoms with Crippen molar-refractivity contribution in [1.29, 1.82) is 0 Å².